The van der Waals surface area contributed by atoms with Crippen LogP contribution in [0.3, 0.4) is 0 Å². The highest BCUT2D eigenvalue weighted by Crippen LogP contribution is 2.28. The molecule has 0 aliphatic carbocycles. The van der Waals surface area contributed by atoms with Crippen molar-refractivity contribution >= 4 is 16.7 Å². The van der Waals surface area contributed by atoms with Crippen molar-refractivity contribution in [3.05, 3.63) is 24.5 Å². The van der Waals surface area contributed by atoms with Gasteiger partial charge < -0.3 is 14.4 Å². The second-order valence-corrected chi connectivity index (χ2v) is 5.68. The number of para-hydroxylation sites is 1. The Hall–Kier alpha value is -1.55. The van der Waals surface area contributed by atoms with E-state index >= 15 is 0 Å². The van der Waals surface area contributed by atoms with Crippen molar-refractivity contribution in [3.63, 3.8) is 0 Å². The van der Waals surface area contributed by atoms with Crippen molar-refractivity contribution in [2.24, 2.45) is 7.05 Å². The Labute approximate surface area is 114 Å². The van der Waals surface area contributed by atoms with Crippen LogP contribution in [0.1, 0.15) is 12.8 Å². The van der Waals surface area contributed by atoms with Crippen LogP contribution in [0.25, 0.3) is 11.0 Å². The average Bonchev–Trinajstić information content (AvgIpc) is 2.81. The molecule has 1 aromatic heterocycles. The quantitative estimate of drug-likeness (QED) is 0.824. The average molecular weight is 258 g/mol. The number of imidazole rings is 1. The molecule has 4 heteroatoms. The SMILES string of the molecule is CN(C)C1CCN(c2cccc3c2ncn3C)CC1. The van der Waals surface area contributed by atoms with Crippen molar-refractivity contribution in [1.82, 2.24) is 14.5 Å². The van der Waals surface area contributed by atoms with Gasteiger partial charge in [0.15, 0.2) is 0 Å². The van der Waals surface area contributed by atoms with Crippen LogP contribution in [0, 0.1) is 0 Å². The van der Waals surface area contributed by atoms with Crippen LogP contribution in [0.2, 0.25) is 0 Å². The first-order chi connectivity index (χ1) is 9.16. The molecule has 4 nitrogen and oxygen atoms in total. The number of hydrogen-bond acceptors (Lipinski definition) is 3. The van der Waals surface area contributed by atoms with E-state index in [1.807, 2.05) is 6.33 Å². The molecule has 1 saturated heterocycles. The smallest absolute Gasteiger partial charge is 0.112 e. The van der Waals surface area contributed by atoms with Gasteiger partial charge in [-0.15, -0.1) is 0 Å². The Morgan fingerprint density at radius 3 is 2.63 bits per heavy atom. The summed E-state index contributed by atoms with van der Waals surface area (Å²) in [5, 5.41) is 0. The zero-order chi connectivity index (χ0) is 13.4. The summed E-state index contributed by atoms with van der Waals surface area (Å²) in [7, 11) is 6.41. The normalized spacial score (nSPS) is 17.6. The monoisotopic (exact) mass is 258 g/mol. The van der Waals surface area contributed by atoms with E-state index in [0.29, 0.717) is 0 Å². The molecule has 0 amide bonds. The maximum atomic E-state index is 4.56. The summed E-state index contributed by atoms with van der Waals surface area (Å²) in [6.07, 6.45) is 4.37. The highest BCUT2D eigenvalue weighted by Gasteiger charge is 2.22. The molecule has 0 unspecified atom stereocenters. The second kappa shape index (κ2) is 4.85. The van der Waals surface area contributed by atoms with Crippen molar-refractivity contribution in [2.45, 2.75) is 18.9 Å². The molecule has 1 aliphatic rings. The van der Waals surface area contributed by atoms with E-state index in [2.05, 4.69) is 58.7 Å². The number of rotatable bonds is 2. The number of aryl methyl sites for hydroxylation is 1. The molecule has 0 bridgehead atoms. The fourth-order valence-corrected chi connectivity index (χ4v) is 3.02. The molecule has 19 heavy (non-hydrogen) atoms. The van der Waals surface area contributed by atoms with Gasteiger partial charge in [0.25, 0.3) is 0 Å². The van der Waals surface area contributed by atoms with Gasteiger partial charge in [-0.05, 0) is 39.1 Å². The summed E-state index contributed by atoms with van der Waals surface area (Å²) in [5.74, 6) is 0. The number of anilines is 1. The molecule has 1 aromatic carbocycles. The van der Waals surface area contributed by atoms with Crippen molar-refractivity contribution < 1.29 is 0 Å². The zero-order valence-electron chi connectivity index (χ0n) is 12.0. The molecule has 3 rings (SSSR count). The van der Waals surface area contributed by atoms with Crippen LogP contribution in [-0.4, -0.2) is 47.7 Å². The number of aromatic nitrogens is 2. The molecule has 0 radical (unpaired) electrons. The molecular formula is C15H22N4. The van der Waals surface area contributed by atoms with Gasteiger partial charge in [-0.3, -0.25) is 0 Å². The summed E-state index contributed by atoms with van der Waals surface area (Å²) in [6, 6.07) is 7.19. The number of nitrogens with zero attached hydrogens (tertiary/aromatic N) is 4. The first-order valence-electron chi connectivity index (χ1n) is 6.98. The lowest BCUT2D eigenvalue weighted by Crippen LogP contribution is -2.42. The molecule has 102 valence electrons. The van der Waals surface area contributed by atoms with Gasteiger partial charge in [-0.1, -0.05) is 6.07 Å². The van der Waals surface area contributed by atoms with E-state index in [1.165, 1.54) is 24.0 Å². The topological polar surface area (TPSA) is 24.3 Å². The van der Waals surface area contributed by atoms with Crippen LogP contribution in [-0.2, 0) is 7.05 Å². The number of hydrogen-bond donors (Lipinski definition) is 0. The van der Waals surface area contributed by atoms with E-state index in [-0.39, 0.29) is 0 Å². The Morgan fingerprint density at radius 2 is 1.95 bits per heavy atom. The van der Waals surface area contributed by atoms with Crippen LogP contribution in [0.4, 0.5) is 5.69 Å². The van der Waals surface area contributed by atoms with Crippen molar-refractivity contribution in [2.75, 3.05) is 32.1 Å². The Balaban J connectivity index is 1.86. The Kier molecular flexibility index (Phi) is 3.19. The summed E-state index contributed by atoms with van der Waals surface area (Å²) in [6.45, 7) is 2.25. The summed E-state index contributed by atoms with van der Waals surface area (Å²) in [5.41, 5.74) is 3.64. The third-order valence-corrected chi connectivity index (χ3v) is 4.27. The molecule has 0 spiro atoms. The van der Waals surface area contributed by atoms with Crippen LogP contribution in [0.5, 0.6) is 0 Å². The van der Waals surface area contributed by atoms with Gasteiger partial charge in [0, 0.05) is 26.2 Å². The predicted octanol–water partition coefficient (Wildman–Crippen LogP) is 2.10. The van der Waals surface area contributed by atoms with E-state index in [9.17, 15) is 0 Å². The van der Waals surface area contributed by atoms with Crippen LogP contribution in [0.15, 0.2) is 24.5 Å². The Morgan fingerprint density at radius 1 is 1.21 bits per heavy atom. The lowest BCUT2D eigenvalue weighted by atomic mass is 10.0. The van der Waals surface area contributed by atoms with Gasteiger partial charge in [0.1, 0.15) is 5.52 Å². The van der Waals surface area contributed by atoms with Gasteiger partial charge in [-0.25, -0.2) is 4.98 Å². The number of benzene rings is 1. The first-order valence-corrected chi connectivity index (χ1v) is 6.98. The molecule has 1 aliphatic heterocycles. The lowest BCUT2D eigenvalue weighted by molar-refractivity contribution is 0.250. The van der Waals surface area contributed by atoms with E-state index in [0.717, 1.165) is 24.6 Å². The van der Waals surface area contributed by atoms with Crippen LogP contribution >= 0.6 is 0 Å². The van der Waals surface area contributed by atoms with Gasteiger partial charge >= 0.3 is 0 Å². The third-order valence-electron chi connectivity index (χ3n) is 4.27. The molecule has 0 atom stereocenters. The summed E-state index contributed by atoms with van der Waals surface area (Å²) < 4.78 is 2.09. The molecule has 2 aromatic rings. The Bertz CT molecular complexity index is 565. The van der Waals surface area contributed by atoms with E-state index in [4.69, 9.17) is 0 Å². The first kappa shape index (κ1) is 12.5. The van der Waals surface area contributed by atoms with Gasteiger partial charge in [0.2, 0.25) is 0 Å². The van der Waals surface area contributed by atoms with Gasteiger partial charge in [0.05, 0.1) is 17.5 Å². The maximum Gasteiger partial charge on any atom is 0.112 e. The standard InChI is InChI=1S/C15H22N4/c1-17(2)12-7-9-19(10-8-12)14-6-4-5-13-15(14)16-11-18(13)3/h4-6,11-12H,7-10H2,1-3H3. The highest BCUT2D eigenvalue weighted by atomic mass is 15.2. The second-order valence-electron chi connectivity index (χ2n) is 5.68. The van der Waals surface area contributed by atoms with E-state index < -0.39 is 0 Å². The fourth-order valence-electron chi connectivity index (χ4n) is 3.02. The minimum absolute atomic E-state index is 0.721. The summed E-state index contributed by atoms with van der Waals surface area (Å²) in [4.78, 5) is 9.39. The third kappa shape index (κ3) is 2.21. The molecule has 0 saturated carbocycles. The molecule has 0 N–H and O–H groups in total. The van der Waals surface area contributed by atoms with Crippen molar-refractivity contribution in [1.29, 1.82) is 0 Å². The highest BCUT2D eigenvalue weighted by molar-refractivity contribution is 5.89. The minimum Gasteiger partial charge on any atom is -0.370 e. The largest absolute Gasteiger partial charge is 0.370 e. The maximum absolute atomic E-state index is 4.56. The lowest BCUT2D eigenvalue weighted by Gasteiger charge is -2.36. The van der Waals surface area contributed by atoms with Crippen molar-refractivity contribution in [3.8, 4) is 0 Å². The van der Waals surface area contributed by atoms with Crippen LogP contribution < -0.4 is 4.90 Å². The summed E-state index contributed by atoms with van der Waals surface area (Å²) >= 11 is 0. The molecular weight excluding hydrogens is 236 g/mol. The minimum atomic E-state index is 0.721. The number of piperidine rings is 1. The van der Waals surface area contributed by atoms with E-state index in [1.54, 1.807) is 0 Å². The predicted molar refractivity (Wildman–Crippen MR) is 79.6 cm³/mol. The molecule has 1 fully saturated rings. The molecule has 2 heterocycles. The van der Waals surface area contributed by atoms with Gasteiger partial charge in [-0.2, -0.15) is 0 Å². The fraction of sp³-hybridized carbons (Fsp3) is 0.533. The number of fused-ring (bicyclic) bond motifs is 1. The zero-order valence-corrected chi connectivity index (χ0v) is 12.0.